The predicted molar refractivity (Wildman–Crippen MR) is 122 cm³/mol. The molecule has 5 heteroatoms. The summed E-state index contributed by atoms with van der Waals surface area (Å²) in [6.07, 6.45) is 1.76. The van der Waals surface area contributed by atoms with Crippen molar-refractivity contribution in [1.29, 1.82) is 0 Å². The van der Waals surface area contributed by atoms with Gasteiger partial charge in [-0.2, -0.15) is 0 Å². The van der Waals surface area contributed by atoms with Crippen LogP contribution in [0.1, 0.15) is 22.8 Å². The molecule has 5 aromatic rings. The summed E-state index contributed by atoms with van der Waals surface area (Å²) in [6.45, 7) is 3.43. The third-order valence-electron chi connectivity index (χ3n) is 5.61. The number of aryl methyl sites for hydroxylation is 1. The molecule has 0 aliphatic carbocycles. The van der Waals surface area contributed by atoms with Crippen LogP contribution in [-0.4, -0.2) is 15.5 Å². The van der Waals surface area contributed by atoms with Gasteiger partial charge >= 0.3 is 0 Å². The van der Waals surface area contributed by atoms with Gasteiger partial charge in [0.1, 0.15) is 5.82 Å². The fraction of sp³-hybridized carbons (Fsp3) is 0.120. The quantitative estimate of drug-likeness (QED) is 0.456. The van der Waals surface area contributed by atoms with Crippen LogP contribution in [-0.2, 0) is 13.1 Å². The summed E-state index contributed by atoms with van der Waals surface area (Å²) in [5, 5.41) is 7.46. The van der Waals surface area contributed by atoms with Gasteiger partial charge in [-0.15, -0.1) is 0 Å². The molecule has 5 nitrogen and oxygen atoms in total. The molecule has 0 saturated carbocycles. The van der Waals surface area contributed by atoms with E-state index >= 15 is 0 Å². The number of carbonyl (C=O) groups is 1. The minimum atomic E-state index is -0.0841. The highest BCUT2D eigenvalue weighted by atomic mass is 16.1. The van der Waals surface area contributed by atoms with Crippen molar-refractivity contribution in [3.63, 3.8) is 0 Å². The lowest BCUT2D eigenvalue weighted by Gasteiger charge is -2.08. The number of hydrogen-bond donors (Lipinski definition) is 2. The number of anilines is 1. The van der Waals surface area contributed by atoms with Crippen molar-refractivity contribution in [3.05, 3.63) is 84.1 Å². The molecule has 0 aliphatic rings. The van der Waals surface area contributed by atoms with E-state index in [1.54, 1.807) is 6.20 Å². The Morgan fingerprint density at radius 1 is 0.967 bits per heavy atom. The van der Waals surface area contributed by atoms with Crippen molar-refractivity contribution in [3.8, 4) is 0 Å². The lowest BCUT2D eigenvalue weighted by atomic mass is 10.1. The number of nitrogens with zero attached hydrogens (tertiary/aromatic N) is 2. The van der Waals surface area contributed by atoms with E-state index in [1.807, 2.05) is 48.5 Å². The van der Waals surface area contributed by atoms with Gasteiger partial charge < -0.3 is 15.6 Å². The van der Waals surface area contributed by atoms with Crippen molar-refractivity contribution in [2.24, 2.45) is 0 Å². The molecular formula is C25H22N4O. The molecule has 0 fully saturated rings. The molecular weight excluding hydrogens is 372 g/mol. The van der Waals surface area contributed by atoms with Crippen molar-refractivity contribution >= 4 is 44.3 Å². The molecule has 148 valence electrons. The Labute approximate surface area is 174 Å². The smallest absolute Gasteiger partial charge is 0.251 e. The van der Waals surface area contributed by atoms with E-state index in [-0.39, 0.29) is 5.91 Å². The zero-order chi connectivity index (χ0) is 20.7. The Kier molecular flexibility index (Phi) is 4.36. The number of nitrogen functional groups attached to an aromatic ring is 1. The van der Waals surface area contributed by atoms with Crippen molar-refractivity contribution in [2.45, 2.75) is 20.0 Å². The van der Waals surface area contributed by atoms with Gasteiger partial charge in [-0.1, -0.05) is 36.4 Å². The van der Waals surface area contributed by atoms with Crippen LogP contribution < -0.4 is 11.1 Å². The van der Waals surface area contributed by atoms with Crippen molar-refractivity contribution < 1.29 is 4.79 Å². The summed E-state index contributed by atoms with van der Waals surface area (Å²) in [4.78, 5) is 17.0. The highest BCUT2D eigenvalue weighted by molar-refractivity contribution is 6.10. The molecule has 0 radical (unpaired) electrons. The molecule has 1 amide bonds. The molecule has 5 rings (SSSR count). The van der Waals surface area contributed by atoms with E-state index in [2.05, 4.69) is 40.0 Å². The fourth-order valence-electron chi connectivity index (χ4n) is 4.13. The van der Waals surface area contributed by atoms with Gasteiger partial charge in [0, 0.05) is 52.0 Å². The van der Waals surface area contributed by atoms with Gasteiger partial charge in [-0.05, 0) is 48.2 Å². The van der Waals surface area contributed by atoms with E-state index in [0.29, 0.717) is 17.9 Å². The summed E-state index contributed by atoms with van der Waals surface area (Å²) < 4.78 is 2.25. The van der Waals surface area contributed by atoms with E-state index in [4.69, 9.17) is 5.73 Å². The number of fused-ring (bicyclic) bond motifs is 4. The summed E-state index contributed by atoms with van der Waals surface area (Å²) in [6, 6.07) is 22.2. The first-order valence-corrected chi connectivity index (χ1v) is 10.1. The van der Waals surface area contributed by atoms with Crippen LogP contribution in [0.15, 0.2) is 72.9 Å². The minimum Gasteiger partial charge on any atom is -0.384 e. The number of carbonyl (C=O) groups excluding carboxylic acids is 1. The first kappa shape index (κ1) is 18.2. The number of benzene rings is 3. The van der Waals surface area contributed by atoms with Crippen LogP contribution in [0.4, 0.5) is 5.82 Å². The zero-order valence-electron chi connectivity index (χ0n) is 16.7. The Balaban J connectivity index is 1.43. The number of nitrogens with one attached hydrogen (secondary N) is 1. The number of pyridine rings is 1. The van der Waals surface area contributed by atoms with E-state index in [0.717, 1.165) is 28.4 Å². The number of aromatic nitrogens is 2. The fourth-order valence-corrected chi connectivity index (χ4v) is 4.13. The Hall–Kier alpha value is -3.86. The maximum Gasteiger partial charge on any atom is 0.251 e. The van der Waals surface area contributed by atoms with E-state index in [1.165, 1.54) is 16.3 Å². The van der Waals surface area contributed by atoms with Gasteiger partial charge in [-0.3, -0.25) is 4.79 Å². The second-order valence-electron chi connectivity index (χ2n) is 7.47. The van der Waals surface area contributed by atoms with Crippen LogP contribution in [0.2, 0.25) is 0 Å². The summed E-state index contributed by atoms with van der Waals surface area (Å²) in [5.41, 5.74) is 9.74. The summed E-state index contributed by atoms with van der Waals surface area (Å²) in [5.74, 6) is 0.405. The molecule has 0 spiro atoms. The lowest BCUT2D eigenvalue weighted by Crippen LogP contribution is -2.22. The number of amides is 1. The Morgan fingerprint density at radius 2 is 1.80 bits per heavy atom. The molecule has 30 heavy (non-hydrogen) atoms. The van der Waals surface area contributed by atoms with Gasteiger partial charge in [0.25, 0.3) is 5.91 Å². The molecule has 0 unspecified atom stereocenters. The van der Waals surface area contributed by atoms with Gasteiger partial charge in [0.15, 0.2) is 0 Å². The largest absolute Gasteiger partial charge is 0.384 e. The Morgan fingerprint density at radius 3 is 2.67 bits per heavy atom. The van der Waals surface area contributed by atoms with Gasteiger partial charge in [0.2, 0.25) is 0 Å². The second-order valence-corrected chi connectivity index (χ2v) is 7.47. The summed E-state index contributed by atoms with van der Waals surface area (Å²) >= 11 is 0. The zero-order valence-corrected chi connectivity index (χ0v) is 16.7. The highest BCUT2D eigenvalue weighted by Gasteiger charge is 2.12. The first-order chi connectivity index (χ1) is 14.6. The molecule has 2 aromatic heterocycles. The van der Waals surface area contributed by atoms with Gasteiger partial charge in [-0.25, -0.2) is 4.98 Å². The van der Waals surface area contributed by atoms with E-state index in [9.17, 15) is 4.79 Å². The topological polar surface area (TPSA) is 72.9 Å². The second kappa shape index (κ2) is 7.19. The number of hydrogen-bond acceptors (Lipinski definition) is 3. The third-order valence-corrected chi connectivity index (χ3v) is 5.61. The number of nitrogens with two attached hydrogens (primary N) is 1. The molecule has 0 atom stereocenters. The maximum atomic E-state index is 12.8. The molecule has 3 N–H and O–H groups in total. The van der Waals surface area contributed by atoms with Crippen LogP contribution in [0.5, 0.6) is 0 Å². The standard InChI is InChI=1S/C25H22N4O/c1-2-29-22-6-4-3-5-20(22)21-10-9-17(12-23(21)29)25(30)28-14-16-7-8-18-15-27-24(26)13-19(18)11-16/h3-13,15H,2,14H2,1H3,(H2,26,27)(H,28,30). The summed E-state index contributed by atoms with van der Waals surface area (Å²) in [7, 11) is 0. The predicted octanol–water partition coefficient (Wildman–Crippen LogP) is 4.87. The Bertz CT molecular complexity index is 1420. The number of para-hydroxylation sites is 1. The molecule has 0 saturated heterocycles. The molecule has 0 bridgehead atoms. The SMILES string of the molecule is CCn1c2ccccc2c2ccc(C(=O)NCc3ccc4cnc(N)cc4c3)cc21. The van der Waals surface area contributed by atoms with Crippen LogP contribution in [0.25, 0.3) is 32.6 Å². The number of rotatable bonds is 4. The van der Waals surface area contributed by atoms with Crippen LogP contribution in [0.3, 0.4) is 0 Å². The highest BCUT2D eigenvalue weighted by Crippen LogP contribution is 2.29. The average molecular weight is 394 g/mol. The third kappa shape index (κ3) is 3.05. The van der Waals surface area contributed by atoms with Crippen molar-refractivity contribution in [1.82, 2.24) is 14.9 Å². The first-order valence-electron chi connectivity index (χ1n) is 10.1. The van der Waals surface area contributed by atoms with Crippen LogP contribution in [0, 0.1) is 0 Å². The average Bonchev–Trinajstić information content (AvgIpc) is 3.10. The molecule has 3 aromatic carbocycles. The normalized spacial score (nSPS) is 11.4. The maximum absolute atomic E-state index is 12.8. The van der Waals surface area contributed by atoms with Crippen LogP contribution >= 0.6 is 0 Å². The van der Waals surface area contributed by atoms with Gasteiger partial charge in [0.05, 0.1) is 0 Å². The van der Waals surface area contributed by atoms with Crippen molar-refractivity contribution in [2.75, 3.05) is 5.73 Å². The monoisotopic (exact) mass is 394 g/mol. The van der Waals surface area contributed by atoms with E-state index < -0.39 is 0 Å². The molecule has 0 aliphatic heterocycles. The molecule has 2 heterocycles. The lowest BCUT2D eigenvalue weighted by molar-refractivity contribution is 0.0951. The minimum absolute atomic E-state index is 0.0841.